The van der Waals surface area contributed by atoms with Crippen LogP contribution < -0.4 is 25.0 Å². The van der Waals surface area contributed by atoms with Crippen molar-refractivity contribution in [2.24, 2.45) is 0 Å². The fourth-order valence-corrected chi connectivity index (χ4v) is 6.91. The lowest BCUT2D eigenvalue weighted by molar-refractivity contribution is -0.113. The number of rotatable bonds is 1. The molecule has 2 aliphatic heterocycles. The van der Waals surface area contributed by atoms with E-state index in [-0.39, 0.29) is 16.9 Å². The lowest BCUT2D eigenvalue weighted by atomic mass is 9.84. The number of hydrogen-bond acceptors (Lipinski definition) is 6. The Balaban J connectivity index is 1.93. The Bertz CT molecular complexity index is 1430. The van der Waals surface area contributed by atoms with E-state index < -0.39 is 0 Å². The maximum atomic E-state index is 13.8. The van der Waals surface area contributed by atoms with Crippen LogP contribution in [-0.4, -0.2) is 21.8 Å². The van der Waals surface area contributed by atoms with E-state index in [4.69, 9.17) is 12.2 Å². The van der Waals surface area contributed by atoms with Gasteiger partial charge in [-0.15, -0.1) is 11.3 Å². The number of thioether (sulfide) groups is 1. The Morgan fingerprint density at radius 2 is 1.68 bits per heavy atom. The summed E-state index contributed by atoms with van der Waals surface area (Å²) < 4.78 is 3.26. The number of para-hydroxylation sites is 2. The van der Waals surface area contributed by atoms with Crippen molar-refractivity contribution in [1.82, 2.24) is 9.88 Å². The van der Waals surface area contributed by atoms with Gasteiger partial charge in [-0.2, -0.15) is 0 Å². The molecule has 3 aromatic rings. The van der Waals surface area contributed by atoms with Crippen LogP contribution in [0.1, 0.15) is 19.4 Å². The molecule has 31 heavy (non-hydrogen) atoms. The molecule has 1 fully saturated rings. The molecule has 0 bridgehead atoms. The van der Waals surface area contributed by atoms with E-state index in [0.717, 1.165) is 17.1 Å². The molecule has 1 amide bonds. The minimum atomic E-state index is -0.355. The molecule has 5 nitrogen and oxygen atoms in total. The number of likely N-dealkylation sites (N-methyl/N-ethyl adjacent to an activating group) is 1. The first-order chi connectivity index (χ1) is 14.8. The number of amides is 1. The van der Waals surface area contributed by atoms with Crippen LogP contribution >= 0.6 is 35.3 Å². The van der Waals surface area contributed by atoms with Gasteiger partial charge in [0.15, 0.2) is 0 Å². The van der Waals surface area contributed by atoms with Gasteiger partial charge in [0, 0.05) is 18.2 Å². The van der Waals surface area contributed by atoms with Crippen LogP contribution in [0.5, 0.6) is 0 Å². The highest BCUT2D eigenvalue weighted by molar-refractivity contribution is 8.30. The summed E-state index contributed by atoms with van der Waals surface area (Å²) in [6.45, 7) is 4.27. The number of thiocarbonyl (C=S) groups is 1. The van der Waals surface area contributed by atoms with Gasteiger partial charge in [-0.3, -0.25) is 14.2 Å². The van der Waals surface area contributed by atoms with E-state index in [1.54, 1.807) is 4.57 Å². The van der Waals surface area contributed by atoms with Gasteiger partial charge in [-0.25, -0.2) is 0 Å². The van der Waals surface area contributed by atoms with Crippen molar-refractivity contribution in [2.75, 3.05) is 11.9 Å². The molecule has 0 radical (unpaired) electrons. The number of carbonyl (C=O) groups is 1. The monoisotopic (exact) mass is 465 g/mol. The summed E-state index contributed by atoms with van der Waals surface area (Å²) in [7, 11) is 1.99. The van der Waals surface area contributed by atoms with Crippen LogP contribution in [0.25, 0.3) is 16.3 Å². The van der Waals surface area contributed by atoms with Crippen molar-refractivity contribution < 1.29 is 4.79 Å². The quantitative estimate of drug-likeness (QED) is 0.560. The maximum absolute atomic E-state index is 13.8. The zero-order valence-corrected chi connectivity index (χ0v) is 19.6. The summed E-state index contributed by atoms with van der Waals surface area (Å²) in [5.41, 5.74) is 3.44. The Labute approximate surface area is 192 Å². The van der Waals surface area contributed by atoms with Crippen LogP contribution in [0.15, 0.2) is 59.4 Å². The number of aromatic nitrogens is 1. The highest BCUT2D eigenvalue weighted by Crippen LogP contribution is 2.46. The first-order valence-corrected chi connectivity index (χ1v) is 11.8. The molecule has 0 saturated carbocycles. The lowest BCUT2D eigenvalue weighted by Crippen LogP contribution is -2.37. The van der Waals surface area contributed by atoms with Crippen molar-refractivity contribution in [3.63, 3.8) is 0 Å². The Morgan fingerprint density at radius 1 is 1.00 bits per heavy atom. The molecule has 2 aromatic carbocycles. The van der Waals surface area contributed by atoms with Gasteiger partial charge in [0.05, 0.1) is 11.4 Å². The van der Waals surface area contributed by atoms with E-state index in [1.807, 2.05) is 49.5 Å². The zero-order chi connectivity index (χ0) is 21.9. The summed E-state index contributed by atoms with van der Waals surface area (Å²) >= 11 is 7.75. The van der Waals surface area contributed by atoms with Crippen LogP contribution in [0.3, 0.4) is 0 Å². The molecule has 8 heteroatoms. The third-order valence-corrected chi connectivity index (χ3v) is 8.21. The normalized spacial score (nSPS) is 20.8. The second-order valence-electron chi connectivity index (χ2n) is 7.93. The number of benzene rings is 2. The van der Waals surface area contributed by atoms with E-state index in [1.165, 1.54) is 28.7 Å². The van der Waals surface area contributed by atoms with E-state index in [9.17, 15) is 9.59 Å². The van der Waals surface area contributed by atoms with E-state index in [2.05, 4.69) is 36.2 Å². The average molecular weight is 466 g/mol. The van der Waals surface area contributed by atoms with Crippen molar-refractivity contribution in [2.45, 2.75) is 19.3 Å². The molecule has 5 rings (SSSR count). The fraction of sp³-hybridized carbons (Fsp3) is 0.174. The van der Waals surface area contributed by atoms with Gasteiger partial charge in [0.2, 0.25) is 0 Å². The van der Waals surface area contributed by atoms with Gasteiger partial charge >= 0.3 is 0 Å². The van der Waals surface area contributed by atoms with Crippen molar-refractivity contribution in [1.29, 1.82) is 0 Å². The van der Waals surface area contributed by atoms with Crippen LogP contribution in [0.2, 0.25) is 0 Å². The summed E-state index contributed by atoms with van der Waals surface area (Å²) in [5.74, 6) is -0.264. The number of anilines is 1. The number of nitrogens with zero attached hydrogens (tertiary/aromatic N) is 2. The standard InChI is InChI=1S/C23H19N3O2S3/c1-23(2)14-11-7-8-12-15(14)25(3)18(23)16-20(28)26(13-9-5-4-6-10-13)21(30-16)17-19(27)24-22(29)31-17/h4-12H,1-3H3,(H,24,27,29)/b18-16+,21-17-. The first-order valence-electron chi connectivity index (χ1n) is 9.73. The molecule has 0 spiro atoms. The van der Waals surface area contributed by atoms with Gasteiger partial charge in [-0.05, 0) is 23.8 Å². The van der Waals surface area contributed by atoms with E-state index >= 15 is 0 Å². The minimum Gasteiger partial charge on any atom is -0.346 e. The van der Waals surface area contributed by atoms with Crippen LogP contribution in [-0.2, 0) is 10.2 Å². The molecular formula is C23H19N3O2S3. The van der Waals surface area contributed by atoms with E-state index in [0.29, 0.717) is 18.4 Å². The number of thiazole rings is 1. The summed E-state index contributed by atoms with van der Waals surface area (Å²) in [5, 5.41) is 2.67. The van der Waals surface area contributed by atoms with Gasteiger partial charge in [0.25, 0.3) is 11.5 Å². The van der Waals surface area contributed by atoms with Gasteiger partial charge < -0.3 is 10.2 Å². The molecule has 3 heterocycles. The second-order valence-corrected chi connectivity index (χ2v) is 10.6. The van der Waals surface area contributed by atoms with Crippen molar-refractivity contribution in [3.8, 4) is 5.69 Å². The molecule has 1 saturated heterocycles. The molecule has 2 aliphatic rings. The third-order valence-electron chi connectivity index (χ3n) is 5.71. The van der Waals surface area contributed by atoms with Gasteiger partial charge in [0.1, 0.15) is 18.4 Å². The number of carbonyl (C=O) groups excluding carboxylic acids is 1. The molecule has 1 N–H and O–H groups in total. The lowest BCUT2D eigenvalue weighted by Gasteiger charge is -2.23. The van der Waals surface area contributed by atoms with Crippen molar-refractivity contribution in [3.05, 3.63) is 79.7 Å². The Hall–Kier alpha value is -2.68. The summed E-state index contributed by atoms with van der Waals surface area (Å²) in [6, 6.07) is 17.6. The fourth-order valence-electron chi connectivity index (χ4n) is 4.34. The number of hydrogen-bond donors (Lipinski definition) is 1. The maximum Gasteiger partial charge on any atom is 0.275 e. The summed E-state index contributed by atoms with van der Waals surface area (Å²) in [4.78, 5) is 29.0. The highest BCUT2D eigenvalue weighted by Gasteiger charge is 2.40. The minimum absolute atomic E-state index is 0.132. The Morgan fingerprint density at radius 3 is 2.32 bits per heavy atom. The van der Waals surface area contributed by atoms with Crippen molar-refractivity contribution >= 4 is 61.8 Å². The SMILES string of the molecule is CN1/C(=c2/s/c(=C3\SC(=S)NC3=O)n(-c3ccccc3)c2=O)C(C)(C)c2ccccc21. The topological polar surface area (TPSA) is 54.3 Å². The molecule has 1 aromatic heterocycles. The molecule has 0 aliphatic carbocycles. The third kappa shape index (κ3) is 3.01. The highest BCUT2D eigenvalue weighted by atomic mass is 32.2. The van der Waals surface area contributed by atoms with Crippen LogP contribution in [0.4, 0.5) is 5.69 Å². The number of nitrogens with one attached hydrogen (secondary N) is 1. The van der Waals surface area contributed by atoms with Crippen LogP contribution in [0, 0.1) is 0 Å². The molecule has 0 unspecified atom stereocenters. The second kappa shape index (κ2) is 7.19. The first kappa shape index (κ1) is 20.2. The molecule has 156 valence electrons. The Kier molecular flexibility index (Phi) is 4.69. The van der Waals surface area contributed by atoms with Gasteiger partial charge in [-0.1, -0.05) is 74.2 Å². The zero-order valence-electron chi connectivity index (χ0n) is 17.1. The summed E-state index contributed by atoms with van der Waals surface area (Å²) in [6.07, 6.45) is 0. The molecular weight excluding hydrogens is 446 g/mol. The number of fused-ring (bicyclic) bond motifs is 1. The largest absolute Gasteiger partial charge is 0.346 e. The molecule has 0 atom stereocenters. The predicted octanol–water partition coefficient (Wildman–Crippen LogP) is 2.69. The smallest absolute Gasteiger partial charge is 0.275 e. The predicted molar refractivity (Wildman–Crippen MR) is 132 cm³/mol. The average Bonchev–Trinajstić information content (AvgIpc) is 3.32.